The number of rotatable bonds is 8. The van der Waals surface area contributed by atoms with Crippen molar-refractivity contribution in [2.45, 2.75) is 24.8 Å². The number of sulfonamides is 1. The van der Waals surface area contributed by atoms with Gasteiger partial charge in [-0.1, -0.05) is 42.5 Å². The zero-order valence-electron chi connectivity index (χ0n) is 16.1. The molecule has 146 valence electrons. The molecule has 0 saturated heterocycles. The molecule has 2 aromatic carbocycles. The second-order valence-electron chi connectivity index (χ2n) is 6.29. The summed E-state index contributed by atoms with van der Waals surface area (Å²) in [5.74, 6) is 0.749. The molecule has 0 bridgehead atoms. The molecule has 0 aliphatic rings. The number of nitrogens with zero attached hydrogens (tertiary/aromatic N) is 2. The lowest BCUT2D eigenvalue weighted by Gasteiger charge is -2.12. The maximum atomic E-state index is 12.1. The smallest absolute Gasteiger partial charge is 0.242 e. The molecule has 0 aliphatic carbocycles. The molecule has 0 aromatic heterocycles. The quantitative estimate of drug-likeness (QED) is 0.537. The van der Waals surface area contributed by atoms with Gasteiger partial charge in [0.2, 0.25) is 10.0 Å². The van der Waals surface area contributed by atoms with E-state index >= 15 is 0 Å². The number of hydrogen-bond donors (Lipinski definition) is 2. The van der Waals surface area contributed by atoms with Gasteiger partial charge in [-0.15, -0.1) is 0 Å². The normalized spacial score (nSPS) is 12.2. The third-order valence-electron chi connectivity index (χ3n) is 4.01. The summed E-state index contributed by atoms with van der Waals surface area (Å²) in [7, 11) is -0.349. The van der Waals surface area contributed by atoms with Gasteiger partial charge in [-0.3, -0.25) is 0 Å². The van der Waals surface area contributed by atoms with Crippen molar-refractivity contribution in [3.05, 3.63) is 65.7 Å². The third kappa shape index (κ3) is 6.37. The molecule has 6 nitrogen and oxygen atoms in total. The van der Waals surface area contributed by atoms with Gasteiger partial charge in [-0.05, 0) is 36.6 Å². The van der Waals surface area contributed by atoms with E-state index < -0.39 is 10.0 Å². The summed E-state index contributed by atoms with van der Waals surface area (Å²) in [5, 5.41) is 6.55. The van der Waals surface area contributed by atoms with E-state index in [1.165, 1.54) is 24.0 Å². The Labute approximate surface area is 162 Å². The van der Waals surface area contributed by atoms with Crippen molar-refractivity contribution < 1.29 is 8.42 Å². The van der Waals surface area contributed by atoms with Gasteiger partial charge in [0.1, 0.15) is 0 Å². The minimum Gasteiger partial charge on any atom is -0.357 e. The van der Waals surface area contributed by atoms with Gasteiger partial charge in [0.15, 0.2) is 5.96 Å². The Morgan fingerprint density at radius 2 is 1.63 bits per heavy atom. The van der Waals surface area contributed by atoms with Crippen LogP contribution in [-0.4, -0.2) is 45.9 Å². The van der Waals surface area contributed by atoms with Crippen LogP contribution in [0.3, 0.4) is 0 Å². The zero-order valence-corrected chi connectivity index (χ0v) is 17.0. The molecule has 0 atom stereocenters. The van der Waals surface area contributed by atoms with Crippen LogP contribution in [-0.2, 0) is 23.0 Å². The summed E-state index contributed by atoms with van der Waals surface area (Å²) in [6.07, 6.45) is 0.919. The first-order valence-corrected chi connectivity index (χ1v) is 10.4. The van der Waals surface area contributed by atoms with Crippen molar-refractivity contribution in [3.63, 3.8) is 0 Å². The lowest BCUT2D eigenvalue weighted by Crippen LogP contribution is -2.38. The first-order valence-electron chi connectivity index (χ1n) is 9.01. The largest absolute Gasteiger partial charge is 0.357 e. The molecule has 2 aromatic rings. The molecular weight excluding hydrogens is 360 g/mol. The van der Waals surface area contributed by atoms with Crippen LogP contribution >= 0.6 is 0 Å². The lowest BCUT2D eigenvalue weighted by molar-refractivity contribution is 0.520. The number of nitrogens with one attached hydrogen (secondary N) is 2. The summed E-state index contributed by atoms with van der Waals surface area (Å²) in [4.78, 5) is 4.86. The van der Waals surface area contributed by atoms with Crippen molar-refractivity contribution in [1.82, 2.24) is 14.9 Å². The van der Waals surface area contributed by atoms with Crippen LogP contribution in [0.15, 0.2) is 64.5 Å². The van der Waals surface area contributed by atoms with Gasteiger partial charge in [-0.25, -0.2) is 17.7 Å². The van der Waals surface area contributed by atoms with E-state index in [4.69, 9.17) is 0 Å². The summed E-state index contributed by atoms with van der Waals surface area (Å²) < 4.78 is 25.4. The molecule has 0 aliphatic heterocycles. The van der Waals surface area contributed by atoms with Crippen LogP contribution in [0.2, 0.25) is 0 Å². The molecule has 27 heavy (non-hydrogen) atoms. The highest BCUT2D eigenvalue weighted by atomic mass is 32.2. The van der Waals surface area contributed by atoms with E-state index in [9.17, 15) is 8.42 Å². The van der Waals surface area contributed by atoms with Crippen molar-refractivity contribution in [2.75, 3.05) is 27.2 Å². The minimum atomic E-state index is -3.40. The molecule has 0 spiro atoms. The van der Waals surface area contributed by atoms with Crippen molar-refractivity contribution in [3.8, 4) is 0 Å². The fourth-order valence-corrected chi connectivity index (χ4v) is 3.36. The molecule has 2 N–H and O–H groups in total. The predicted octanol–water partition coefficient (Wildman–Crippen LogP) is 2.23. The fourth-order valence-electron chi connectivity index (χ4n) is 2.46. The van der Waals surface area contributed by atoms with Crippen molar-refractivity contribution >= 4 is 16.0 Å². The first kappa shape index (κ1) is 20.9. The zero-order chi connectivity index (χ0) is 19.7. The van der Waals surface area contributed by atoms with Crippen LogP contribution in [0.5, 0.6) is 0 Å². The average molecular weight is 389 g/mol. The lowest BCUT2D eigenvalue weighted by atomic mass is 10.1. The van der Waals surface area contributed by atoms with Gasteiger partial charge in [0, 0.05) is 27.2 Å². The van der Waals surface area contributed by atoms with Crippen LogP contribution < -0.4 is 10.6 Å². The van der Waals surface area contributed by atoms with Gasteiger partial charge in [-0.2, -0.15) is 0 Å². The number of guanidine groups is 1. The Kier molecular flexibility index (Phi) is 7.82. The van der Waals surface area contributed by atoms with E-state index in [2.05, 4.69) is 27.8 Å². The maximum Gasteiger partial charge on any atom is 0.242 e. The highest BCUT2D eigenvalue weighted by molar-refractivity contribution is 7.89. The van der Waals surface area contributed by atoms with Crippen LogP contribution in [0.1, 0.15) is 18.1 Å². The maximum absolute atomic E-state index is 12.1. The Morgan fingerprint density at radius 3 is 2.22 bits per heavy atom. The standard InChI is InChI=1S/C20H28N4O2S/c1-4-21-20(22-15-14-17-8-6-5-7-9-17)23-16-18-10-12-19(13-11-18)27(25,26)24(2)3/h5-13H,4,14-16H2,1-3H3,(H2,21,22,23). The first-order chi connectivity index (χ1) is 12.9. The van der Waals surface area contributed by atoms with Crippen LogP contribution in [0.4, 0.5) is 0 Å². The molecule has 0 fully saturated rings. The van der Waals surface area contributed by atoms with Gasteiger partial charge in [0.05, 0.1) is 11.4 Å². The Hall–Kier alpha value is -2.38. The molecular formula is C20H28N4O2S. The summed E-state index contributed by atoms with van der Waals surface area (Å²) >= 11 is 0. The van der Waals surface area contributed by atoms with Crippen molar-refractivity contribution in [1.29, 1.82) is 0 Å². The molecule has 7 heteroatoms. The molecule has 0 saturated carbocycles. The molecule has 2 rings (SSSR count). The Bertz CT molecular complexity index is 832. The topological polar surface area (TPSA) is 73.8 Å². The number of hydrogen-bond acceptors (Lipinski definition) is 3. The van der Waals surface area contributed by atoms with Crippen molar-refractivity contribution in [2.24, 2.45) is 4.99 Å². The molecule has 0 unspecified atom stereocenters. The monoisotopic (exact) mass is 388 g/mol. The minimum absolute atomic E-state index is 0.285. The number of aliphatic imine (C=N–C) groups is 1. The Balaban J connectivity index is 1.95. The van der Waals surface area contributed by atoms with Gasteiger partial charge < -0.3 is 10.6 Å². The van der Waals surface area contributed by atoms with E-state index in [1.807, 2.05) is 25.1 Å². The predicted molar refractivity (Wildman–Crippen MR) is 110 cm³/mol. The van der Waals surface area contributed by atoms with Crippen LogP contribution in [0, 0.1) is 0 Å². The Morgan fingerprint density at radius 1 is 0.963 bits per heavy atom. The number of benzene rings is 2. The highest BCUT2D eigenvalue weighted by Gasteiger charge is 2.16. The van der Waals surface area contributed by atoms with Gasteiger partial charge >= 0.3 is 0 Å². The average Bonchev–Trinajstić information content (AvgIpc) is 2.67. The van der Waals surface area contributed by atoms with E-state index in [0.717, 1.165) is 31.0 Å². The SMILES string of the molecule is CCNC(=NCc1ccc(S(=O)(=O)N(C)C)cc1)NCCc1ccccc1. The third-order valence-corrected chi connectivity index (χ3v) is 5.84. The van der Waals surface area contributed by atoms with Gasteiger partial charge in [0.25, 0.3) is 0 Å². The van der Waals surface area contributed by atoms with E-state index in [-0.39, 0.29) is 4.90 Å². The molecule has 0 radical (unpaired) electrons. The second kappa shape index (κ2) is 10.1. The fraction of sp³-hybridized carbons (Fsp3) is 0.350. The van der Waals surface area contributed by atoms with E-state index in [0.29, 0.717) is 6.54 Å². The molecule has 0 amide bonds. The summed E-state index contributed by atoms with van der Waals surface area (Å²) in [6, 6.07) is 17.1. The summed E-state index contributed by atoms with van der Waals surface area (Å²) in [5.41, 5.74) is 2.23. The highest BCUT2D eigenvalue weighted by Crippen LogP contribution is 2.14. The van der Waals surface area contributed by atoms with Crippen LogP contribution in [0.25, 0.3) is 0 Å². The molecule has 0 heterocycles. The summed E-state index contributed by atoms with van der Waals surface area (Å²) in [6.45, 7) is 4.06. The van der Waals surface area contributed by atoms with E-state index in [1.54, 1.807) is 24.3 Å². The second-order valence-corrected chi connectivity index (χ2v) is 8.44.